The summed E-state index contributed by atoms with van der Waals surface area (Å²) in [5, 5.41) is 10.8. The molecule has 224 valence electrons. The molecule has 43 heavy (non-hydrogen) atoms. The average Bonchev–Trinajstić information content (AvgIpc) is 3.44. The summed E-state index contributed by atoms with van der Waals surface area (Å²) >= 11 is 0. The third-order valence-corrected chi connectivity index (χ3v) is 9.21. The molecule has 0 bridgehead atoms. The van der Waals surface area contributed by atoms with E-state index in [1.54, 1.807) is 6.92 Å². The molecule has 2 saturated heterocycles. The lowest BCUT2D eigenvalue weighted by molar-refractivity contribution is -0.129. The summed E-state index contributed by atoms with van der Waals surface area (Å²) in [5.74, 6) is 0.105. The van der Waals surface area contributed by atoms with Gasteiger partial charge in [-0.3, -0.25) is 19.4 Å². The third-order valence-electron chi connectivity index (χ3n) is 9.21. The highest BCUT2D eigenvalue weighted by molar-refractivity contribution is 5.97. The molecule has 3 aromatic heterocycles. The van der Waals surface area contributed by atoms with Crippen LogP contribution in [0.15, 0.2) is 48.8 Å². The van der Waals surface area contributed by atoms with Crippen molar-refractivity contribution in [2.24, 2.45) is 0 Å². The smallest absolute Gasteiger partial charge is 0.219 e. The fourth-order valence-corrected chi connectivity index (χ4v) is 6.71. The molecule has 1 aromatic carbocycles. The second-order valence-corrected chi connectivity index (χ2v) is 12.0. The Morgan fingerprint density at radius 3 is 2.72 bits per heavy atom. The maximum Gasteiger partial charge on any atom is 0.219 e. The average molecular weight is 581 g/mol. The Labute approximate surface area is 252 Å². The Hall–Kier alpha value is -3.66. The van der Waals surface area contributed by atoms with Crippen molar-refractivity contribution in [2.45, 2.75) is 64.1 Å². The molecule has 3 aliphatic heterocycles. The Kier molecular flexibility index (Phi) is 8.19. The standard InChI is InChI=1S/C34H40N6O3/c1-23(41)39-15-9-33-31(22-39)34(38-40(33)27-11-16-42-17-12-27)29-4-2-3-24-19-32(37-21-30(24)29)25-5-6-26(36-20-25)10-18-43-28-7-13-35-14-8-28/h2-6,19-21,27-28,35H,7-18,22H2,1H3. The van der Waals surface area contributed by atoms with Crippen LogP contribution in [0.25, 0.3) is 33.3 Å². The topological polar surface area (TPSA) is 94.4 Å². The van der Waals surface area contributed by atoms with Gasteiger partial charge >= 0.3 is 0 Å². The third kappa shape index (κ3) is 5.94. The van der Waals surface area contributed by atoms with Crippen molar-refractivity contribution in [3.05, 3.63) is 65.7 Å². The highest BCUT2D eigenvalue weighted by Gasteiger charge is 2.30. The van der Waals surface area contributed by atoms with Crippen LogP contribution in [-0.4, -0.2) is 76.1 Å². The highest BCUT2D eigenvalue weighted by Crippen LogP contribution is 2.37. The van der Waals surface area contributed by atoms with Gasteiger partial charge in [0.15, 0.2) is 0 Å². The normalized spacial score (nSPS) is 18.2. The van der Waals surface area contributed by atoms with Crippen LogP contribution in [0, 0.1) is 0 Å². The Bertz CT molecular complexity index is 1590. The summed E-state index contributed by atoms with van der Waals surface area (Å²) in [7, 11) is 0. The van der Waals surface area contributed by atoms with Crippen LogP contribution in [0.4, 0.5) is 0 Å². The fourth-order valence-electron chi connectivity index (χ4n) is 6.71. The van der Waals surface area contributed by atoms with Gasteiger partial charge in [-0.05, 0) is 62.4 Å². The van der Waals surface area contributed by atoms with Gasteiger partial charge in [0, 0.05) is 91.9 Å². The summed E-state index contributed by atoms with van der Waals surface area (Å²) in [6, 6.07) is 13.0. The molecule has 2 fully saturated rings. The minimum absolute atomic E-state index is 0.105. The summed E-state index contributed by atoms with van der Waals surface area (Å²) in [6.07, 6.45) is 9.96. The lowest BCUT2D eigenvalue weighted by Gasteiger charge is -2.29. The summed E-state index contributed by atoms with van der Waals surface area (Å²) < 4.78 is 14.0. The van der Waals surface area contributed by atoms with Crippen molar-refractivity contribution in [2.75, 3.05) is 39.5 Å². The van der Waals surface area contributed by atoms with E-state index in [9.17, 15) is 4.79 Å². The van der Waals surface area contributed by atoms with Gasteiger partial charge in [0.05, 0.1) is 30.1 Å². The Balaban J connectivity index is 1.15. The lowest BCUT2D eigenvalue weighted by Crippen LogP contribution is -2.35. The Morgan fingerprint density at radius 1 is 1.07 bits per heavy atom. The predicted molar refractivity (Wildman–Crippen MR) is 166 cm³/mol. The van der Waals surface area contributed by atoms with Crippen LogP contribution >= 0.6 is 0 Å². The van der Waals surface area contributed by atoms with Crippen molar-refractivity contribution in [3.8, 4) is 22.5 Å². The van der Waals surface area contributed by atoms with Gasteiger partial charge in [-0.1, -0.05) is 18.2 Å². The molecule has 4 aromatic rings. The number of amides is 1. The van der Waals surface area contributed by atoms with Gasteiger partial charge in [0.25, 0.3) is 0 Å². The van der Waals surface area contributed by atoms with Crippen molar-refractivity contribution >= 4 is 16.7 Å². The molecule has 1 N–H and O–H groups in total. The highest BCUT2D eigenvalue weighted by atomic mass is 16.5. The minimum atomic E-state index is 0.105. The number of nitrogens with one attached hydrogen (secondary N) is 1. The van der Waals surface area contributed by atoms with E-state index in [4.69, 9.17) is 24.5 Å². The first kappa shape index (κ1) is 28.1. The van der Waals surface area contributed by atoms with E-state index in [-0.39, 0.29) is 5.91 Å². The zero-order chi connectivity index (χ0) is 29.2. The number of fused-ring (bicyclic) bond motifs is 2. The quantitative estimate of drug-likeness (QED) is 0.338. The molecule has 0 saturated carbocycles. The molecule has 6 heterocycles. The van der Waals surface area contributed by atoms with E-state index in [1.165, 1.54) is 5.69 Å². The van der Waals surface area contributed by atoms with Gasteiger partial charge < -0.3 is 19.7 Å². The predicted octanol–water partition coefficient (Wildman–Crippen LogP) is 4.73. The second-order valence-electron chi connectivity index (χ2n) is 12.0. The number of pyridine rings is 2. The van der Waals surface area contributed by atoms with E-state index >= 15 is 0 Å². The van der Waals surface area contributed by atoms with E-state index in [0.717, 1.165) is 116 Å². The monoisotopic (exact) mass is 580 g/mol. The first-order chi connectivity index (χ1) is 21.1. The lowest BCUT2D eigenvalue weighted by atomic mass is 9.96. The minimum Gasteiger partial charge on any atom is -0.381 e. The van der Waals surface area contributed by atoms with Crippen LogP contribution in [-0.2, 0) is 33.7 Å². The first-order valence-electron chi connectivity index (χ1n) is 15.7. The van der Waals surface area contributed by atoms with Crippen LogP contribution < -0.4 is 5.32 Å². The molecular formula is C34H40N6O3. The van der Waals surface area contributed by atoms with Gasteiger partial charge in [-0.25, -0.2) is 0 Å². The van der Waals surface area contributed by atoms with E-state index in [0.29, 0.717) is 25.3 Å². The summed E-state index contributed by atoms with van der Waals surface area (Å²) in [6.45, 7) is 7.28. The van der Waals surface area contributed by atoms with Crippen LogP contribution in [0.2, 0.25) is 0 Å². The van der Waals surface area contributed by atoms with Crippen molar-refractivity contribution in [1.82, 2.24) is 30.0 Å². The van der Waals surface area contributed by atoms with Gasteiger partial charge in [-0.15, -0.1) is 0 Å². The largest absolute Gasteiger partial charge is 0.381 e. The molecule has 7 rings (SSSR count). The number of nitrogens with zero attached hydrogens (tertiary/aromatic N) is 5. The number of ether oxygens (including phenoxy) is 2. The van der Waals surface area contributed by atoms with Gasteiger partial charge in [0.1, 0.15) is 0 Å². The zero-order valence-corrected chi connectivity index (χ0v) is 24.9. The van der Waals surface area contributed by atoms with Gasteiger partial charge in [-0.2, -0.15) is 5.10 Å². The first-order valence-corrected chi connectivity index (χ1v) is 15.7. The molecule has 0 aliphatic carbocycles. The van der Waals surface area contributed by atoms with Crippen molar-refractivity contribution in [3.63, 3.8) is 0 Å². The molecule has 1 amide bonds. The number of hydrogen-bond donors (Lipinski definition) is 1. The SMILES string of the molecule is CC(=O)N1CCc2c(c(-c3cccc4cc(-c5ccc(CCOC6CCNCC6)nc5)ncc34)nn2C2CCOCC2)C1. The number of rotatable bonds is 7. The molecule has 0 atom stereocenters. The van der Waals surface area contributed by atoms with E-state index in [2.05, 4.69) is 46.4 Å². The second kappa shape index (κ2) is 12.5. The molecule has 0 unspecified atom stereocenters. The number of hydrogen-bond acceptors (Lipinski definition) is 7. The van der Waals surface area contributed by atoms with Crippen molar-refractivity contribution < 1.29 is 14.3 Å². The van der Waals surface area contributed by atoms with Crippen LogP contribution in [0.5, 0.6) is 0 Å². The van der Waals surface area contributed by atoms with E-state index < -0.39 is 0 Å². The molecule has 3 aliphatic rings. The molecule has 0 radical (unpaired) electrons. The number of piperidine rings is 1. The number of carbonyl (C=O) groups is 1. The zero-order valence-electron chi connectivity index (χ0n) is 24.9. The Morgan fingerprint density at radius 2 is 1.93 bits per heavy atom. The summed E-state index contributed by atoms with van der Waals surface area (Å²) in [5.41, 5.74) is 7.37. The number of carbonyl (C=O) groups excluding carboxylic acids is 1. The summed E-state index contributed by atoms with van der Waals surface area (Å²) in [4.78, 5) is 23.9. The fraction of sp³-hybridized carbons (Fsp3) is 0.471. The number of benzene rings is 1. The van der Waals surface area contributed by atoms with Gasteiger partial charge in [0.2, 0.25) is 5.91 Å². The number of aromatic nitrogens is 4. The molecule has 9 nitrogen and oxygen atoms in total. The molecular weight excluding hydrogens is 540 g/mol. The maximum absolute atomic E-state index is 12.3. The maximum atomic E-state index is 12.3. The van der Waals surface area contributed by atoms with E-state index in [1.807, 2.05) is 17.3 Å². The molecule has 9 heteroatoms. The van der Waals surface area contributed by atoms with Crippen LogP contribution in [0.1, 0.15) is 55.6 Å². The van der Waals surface area contributed by atoms with Crippen molar-refractivity contribution in [1.29, 1.82) is 0 Å². The molecule has 0 spiro atoms. The van der Waals surface area contributed by atoms with Crippen LogP contribution in [0.3, 0.4) is 0 Å².